The van der Waals surface area contributed by atoms with Crippen LogP contribution in [0.15, 0.2) is 29.2 Å². The van der Waals surface area contributed by atoms with Gasteiger partial charge in [-0.3, -0.25) is 4.79 Å². The summed E-state index contributed by atoms with van der Waals surface area (Å²) in [5, 5.41) is 19.8. The van der Waals surface area contributed by atoms with Crippen LogP contribution in [0.2, 0.25) is 0 Å². The molecule has 0 saturated carbocycles. The van der Waals surface area contributed by atoms with Crippen molar-refractivity contribution < 1.29 is 27.8 Å². The smallest absolute Gasteiger partial charge is 0.312 e. The number of aliphatic hydroxyl groups is 1. The molecule has 1 saturated heterocycles. The van der Waals surface area contributed by atoms with E-state index in [-0.39, 0.29) is 30.8 Å². The van der Waals surface area contributed by atoms with Gasteiger partial charge in [-0.2, -0.15) is 4.31 Å². The van der Waals surface area contributed by atoms with Gasteiger partial charge in [0.1, 0.15) is 5.82 Å². The van der Waals surface area contributed by atoms with Gasteiger partial charge in [-0.15, -0.1) is 0 Å². The van der Waals surface area contributed by atoms with E-state index < -0.39 is 33.3 Å². The lowest BCUT2D eigenvalue weighted by Crippen LogP contribution is -2.55. The minimum Gasteiger partial charge on any atom is -0.481 e. The van der Waals surface area contributed by atoms with Crippen LogP contribution >= 0.6 is 0 Å². The maximum atomic E-state index is 13.3. The highest BCUT2D eigenvalue weighted by molar-refractivity contribution is 7.89. The van der Waals surface area contributed by atoms with E-state index in [9.17, 15) is 27.8 Å². The lowest BCUT2D eigenvalue weighted by atomic mass is 9.73. The predicted molar refractivity (Wildman–Crippen MR) is 80.8 cm³/mol. The molecule has 1 unspecified atom stereocenters. The largest absolute Gasteiger partial charge is 0.481 e. The Kier molecular flexibility index (Phi) is 5.07. The number of hydrogen-bond acceptors (Lipinski definition) is 4. The molecule has 0 aliphatic carbocycles. The standard InChI is InChI=1S/C15H20FNO5S/c1-2-6-15(14(19)20)7-8-17(10-13(15)18)23(21,22)12-5-3-4-11(16)9-12/h3-5,9,13,18H,2,6-8,10H2,1H3,(H,19,20)/t13?,15-/m0/s1. The highest BCUT2D eigenvalue weighted by Gasteiger charge is 2.49. The molecule has 1 aromatic carbocycles. The quantitative estimate of drug-likeness (QED) is 0.842. The average molecular weight is 345 g/mol. The van der Waals surface area contributed by atoms with E-state index in [1.54, 1.807) is 0 Å². The van der Waals surface area contributed by atoms with Crippen LogP contribution in [0.25, 0.3) is 0 Å². The molecule has 128 valence electrons. The van der Waals surface area contributed by atoms with Crippen molar-refractivity contribution in [3.05, 3.63) is 30.1 Å². The third kappa shape index (κ3) is 3.24. The van der Waals surface area contributed by atoms with Gasteiger partial charge in [-0.1, -0.05) is 19.4 Å². The molecule has 2 rings (SSSR count). The molecule has 1 fully saturated rings. The Morgan fingerprint density at radius 1 is 1.48 bits per heavy atom. The van der Waals surface area contributed by atoms with Crippen molar-refractivity contribution in [1.29, 1.82) is 0 Å². The summed E-state index contributed by atoms with van der Waals surface area (Å²) in [5.74, 6) is -1.79. The van der Waals surface area contributed by atoms with E-state index >= 15 is 0 Å². The molecule has 0 bridgehead atoms. The van der Waals surface area contributed by atoms with Crippen LogP contribution in [-0.2, 0) is 14.8 Å². The molecule has 0 radical (unpaired) electrons. The molecule has 6 nitrogen and oxygen atoms in total. The summed E-state index contributed by atoms with van der Waals surface area (Å²) in [4.78, 5) is 11.4. The van der Waals surface area contributed by atoms with Gasteiger partial charge < -0.3 is 10.2 Å². The van der Waals surface area contributed by atoms with Gasteiger partial charge in [0.2, 0.25) is 10.0 Å². The lowest BCUT2D eigenvalue weighted by Gasteiger charge is -2.42. The second-order valence-electron chi connectivity index (χ2n) is 5.80. The average Bonchev–Trinajstić information content (AvgIpc) is 2.49. The highest BCUT2D eigenvalue weighted by Crippen LogP contribution is 2.38. The third-order valence-corrected chi connectivity index (χ3v) is 6.24. The van der Waals surface area contributed by atoms with Crippen molar-refractivity contribution in [2.75, 3.05) is 13.1 Å². The first kappa shape index (κ1) is 17.8. The molecule has 0 aromatic heterocycles. The summed E-state index contributed by atoms with van der Waals surface area (Å²) in [6.45, 7) is 1.47. The van der Waals surface area contributed by atoms with Crippen LogP contribution in [0.4, 0.5) is 4.39 Å². The number of rotatable bonds is 5. The summed E-state index contributed by atoms with van der Waals surface area (Å²) >= 11 is 0. The second-order valence-corrected chi connectivity index (χ2v) is 7.74. The van der Waals surface area contributed by atoms with Crippen molar-refractivity contribution in [3.8, 4) is 0 Å². The molecule has 1 aliphatic heterocycles. The van der Waals surface area contributed by atoms with E-state index in [1.165, 1.54) is 12.1 Å². The number of β-amino-alcohol motifs (C(OH)–C–C–N with tert-alkyl or cyclic N) is 1. The number of piperidine rings is 1. The first-order valence-corrected chi connectivity index (χ1v) is 8.85. The Balaban J connectivity index is 2.27. The summed E-state index contributed by atoms with van der Waals surface area (Å²) in [7, 11) is -3.97. The van der Waals surface area contributed by atoms with E-state index in [4.69, 9.17) is 0 Å². The van der Waals surface area contributed by atoms with Gasteiger partial charge in [0.05, 0.1) is 16.4 Å². The summed E-state index contributed by atoms with van der Waals surface area (Å²) < 4.78 is 39.3. The molecule has 1 heterocycles. The topological polar surface area (TPSA) is 94.9 Å². The van der Waals surface area contributed by atoms with Crippen LogP contribution < -0.4 is 0 Å². The molecule has 0 amide bonds. The monoisotopic (exact) mass is 345 g/mol. The minimum absolute atomic E-state index is 0.0197. The first-order valence-electron chi connectivity index (χ1n) is 7.41. The van der Waals surface area contributed by atoms with E-state index in [2.05, 4.69) is 0 Å². The van der Waals surface area contributed by atoms with Gasteiger partial charge in [0.25, 0.3) is 0 Å². The summed E-state index contributed by atoms with van der Waals surface area (Å²) in [5.41, 5.74) is -1.33. The van der Waals surface area contributed by atoms with Gasteiger partial charge >= 0.3 is 5.97 Å². The number of carbonyl (C=O) groups is 1. The van der Waals surface area contributed by atoms with Crippen LogP contribution in [-0.4, -0.2) is 48.1 Å². The molecular weight excluding hydrogens is 325 g/mol. The molecule has 8 heteroatoms. The zero-order chi connectivity index (χ0) is 17.3. The van der Waals surface area contributed by atoms with Gasteiger partial charge in [-0.25, -0.2) is 12.8 Å². The minimum atomic E-state index is -3.97. The first-order chi connectivity index (χ1) is 10.7. The molecule has 23 heavy (non-hydrogen) atoms. The maximum absolute atomic E-state index is 13.3. The number of hydrogen-bond donors (Lipinski definition) is 2. The number of carboxylic acid groups (broad SMARTS) is 1. The lowest BCUT2D eigenvalue weighted by molar-refractivity contribution is -0.162. The number of halogens is 1. The Labute approximate surface area is 134 Å². The zero-order valence-corrected chi connectivity index (χ0v) is 13.6. The molecule has 1 aromatic rings. The molecular formula is C15H20FNO5S. The number of benzene rings is 1. The Morgan fingerprint density at radius 3 is 2.70 bits per heavy atom. The number of aliphatic hydroxyl groups excluding tert-OH is 1. The van der Waals surface area contributed by atoms with Gasteiger partial charge in [-0.05, 0) is 31.0 Å². The van der Waals surface area contributed by atoms with Crippen molar-refractivity contribution in [3.63, 3.8) is 0 Å². The fourth-order valence-corrected chi connectivity index (χ4v) is 4.52. The van der Waals surface area contributed by atoms with Crippen molar-refractivity contribution in [2.45, 2.75) is 37.2 Å². The molecule has 0 spiro atoms. The molecule has 2 atom stereocenters. The van der Waals surface area contributed by atoms with Crippen molar-refractivity contribution in [2.24, 2.45) is 5.41 Å². The normalized spacial score (nSPS) is 26.1. The summed E-state index contributed by atoms with van der Waals surface area (Å²) in [6, 6.07) is 4.62. The van der Waals surface area contributed by atoms with Crippen molar-refractivity contribution in [1.82, 2.24) is 4.31 Å². The fourth-order valence-electron chi connectivity index (χ4n) is 3.04. The summed E-state index contributed by atoms with van der Waals surface area (Å²) in [6.07, 6.45) is -0.444. The predicted octanol–water partition coefficient (Wildman–Crippen LogP) is 1.45. The van der Waals surface area contributed by atoms with E-state index in [0.29, 0.717) is 6.42 Å². The Hall–Kier alpha value is -1.51. The van der Waals surface area contributed by atoms with Crippen LogP contribution in [0.5, 0.6) is 0 Å². The Bertz CT molecular complexity index is 693. The molecule has 2 N–H and O–H groups in total. The number of carboxylic acids is 1. The third-order valence-electron chi connectivity index (χ3n) is 4.38. The number of aliphatic carboxylic acids is 1. The SMILES string of the molecule is CCC[C@]1(C(=O)O)CCN(S(=O)(=O)c2cccc(F)c2)CC1O. The van der Waals surface area contributed by atoms with E-state index in [0.717, 1.165) is 16.4 Å². The second kappa shape index (κ2) is 6.54. The van der Waals surface area contributed by atoms with Gasteiger partial charge in [0, 0.05) is 13.1 Å². The maximum Gasteiger partial charge on any atom is 0.312 e. The Morgan fingerprint density at radius 2 is 2.17 bits per heavy atom. The van der Waals surface area contributed by atoms with Crippen molar-refractivity contribution >= 4 is 16.0 Å². The van der Waals surface area contributed by atoms with Crippen LogP contribution in [0.3, 0.4) is 0 Å². The number of sulfonamides is 1. The van der Waals surface area contributed by atoms with Crippen LogP contribution in [0, 0.1) is 11.2 Å². The highest BCUT2D eigenvalue weighted by atomic mass is 32.2. The molecule has 1 aliphatic rings. The number of nitrogens with zero attached hydrogens (tertiary/aromatic N) is 1. The fraction of sp³-hybridized carbons (Fsp3) is 0.533. The zero-order valence-electron chi connectivity index (χ0n) is 12.8. The van der Waals surface area contributed by atoms with E-state index in [1.807, 2.05) is 6.92 Å². The van der Waals surface area contributed by atoms with Gasteiger partial charge in [0.15, 0.2) is 0 Å². The van der Waals surface area contributed by atoms with Crippen LogP contribution in [0.1, 0.15) is 26.2 Å².